The van der Waals surface area contributed by atoms with E-state index in [2.05, 4.69) is 65.2 Å². The first-order chi connectivity index (χ1) is 12.3. The van der Waals surface area contributed by atoms with Crippen LogP contribution >= 0.6 is 11.3 Å². The Morgan fingerprint density at radius 2 is 1.44 bits per heavy atom. The van der Waals surface area contributed by atoms with Crippen LogP contribution in [0.15, 0.2) is 84.9 Å². The molecule has 2 nitrogen and oxygen atoms in total. The third-order valence-electron chi connectivity index (χ3n) is 4.60. The number of hydrogen-bond acceptors (Lipinski definition) is 2. The second-order valence-corrected chi connectivity index (χ2v) is 7.21. The van der Waals surface area contributed by atoms with Gasteiger partial charge in [0, 0.05) is 31.4 Å². The number of para-hydroxylation sites is 1. The van der Waals surface area contributed by atoms with E-state index in [0.29, 0.717) is 0 Å². The van der Waals surface area contributed by atoms with Crippen LogP contribution in [-0.2, 0) is 0 Å². The summed E-state index contributed by atoms with van der Waals surface area (Å²) >= 11 is 1.84. The van der Waals surface area contributed by atoms with Gasteiger partial charge in [-0.25, -0.2) is 0 Å². The van der Waals surface area contributed by atoms with Gasteiger partial charge >= 0.3 is 0 Å². The standard InChI is InChI=1S/C22H16N2S/c23-22-13-12-19(24(22)16-6-2-1-3-7-16)15-10-11-18-17-8-4-5-9-20(17)25-21(18)14-15/h1-14H,23H2. The van der Waals surface area contributed by atoms with Crippen molar-refractivity contribution in [2.45, 2.75) is 0 Å². The lowest BCUT2D eigenvalue weighted by atomic mass is 10.1. The molecule has 0 aliphatic carbocycles. The number of nitrogens with zero attached hydrogens (tertiary/aromatic N) is 1. The van der Waals surface area contributed by atoms with E-state index < -0.39 is 0 Å². The molecule has 0 fully saturated rings. The third kappa shape index (κ3) is 2.24. The Labute approximate surface area is 149 Å². The second-order valence-electron chi connectivity index (χ2n) is 6.12. The van der Waals surface area contributed by atoms with Crippen LogP contribution in [0.4, 0.5) is 5.82 Å². The summed E-state index contributed by atoms with van der Waals surface area (Å²) in [4.78, 5) is 0. The Morgan fingerprint density at radius 1 is 0.680 bits per heavy atom. The highest BCUT2D eigenvalue weighted by Gasteiger charge is 2.12. The van der Waals surface area contributed by atoms with Crippen LogP contribution in [0.2, 0.25) is 0 Å². The predicted octanol–water partition coefficient (Wildman–Crippen LogP) is 6.09. The summed E-state index contributed by atoms with van der Waals surface area (Å²) in [5.41, 5.74) is 9.62. The van der Waals surface area contributed by atoms with Crippen LogP contribution in [0.3, 0.4) is 0 Å². The number of nitrogen functional groups attached to an aromatic ring is 1. The second kappa shape index (κ2) is 5.50. The van der Waals surface area contributed by atoms with Gasteiger partial charge in [-0.3, -0.25) is 4.57 Å². The van der Waals surface area contributed by atoms with E-state index in [1.807, 2.05) is 35.6 Å². The topological polar surface area (TPSA) is 30.9 Å². The molecule has 2 N–H and O–H groups in total. The highest BCUT2D eigenvalue weighted by molar-refractivity contribution is 7.25. The zero-order chi connectivity index (χ0) is 16.8. The smallest absolute Gasteiger partial charge is 0.108 e. The van der Waals surface area contributed by atoms with Crippen LogP contribution in [-0.4, -0.2) is 4.57 Å². The van der Waals surface area contributed by atoms with Gasteiger partial charge in [-0.1, -0.05) is 48.5 Å². The van der Waals surface area contributed by atoms with Crippen molar-refractivity contribution in [1.82, 2.24) is 4.57 Å². The Balaban J connectivity index is 1.73. The normalized spacial score (nSPS) is 11.4. The molecule has 3 heteroatoms. The molecule has 0 saturated heterocycles. The van der Waals surface area contributed by atoms with Crippen molar-refractivity contribution in [3.8, 4) is 16.9 Å². The minimum atomic E-state index is 0.748. The summed E-state index contributed by atoms with van der Waals surface area (Å²) in [5, 5.41) is 2.64. The molecular weight excluding hydrogens is 324 g/mol. The van der Waals surface area contributed by atoms with E-state index in [9.17, 15) is 0 Å². The summed E-state index contributed by atoms with van der Waals surface area (Å²) < 4.78 is 4.74. The maximum absolute atomic E-state index is 6.25. The summed E-state index contributed by atoms with van der Waals surface area (Å²) in [6.07, 6.45) is 0. The number of anilines is 1. The lowest BCUT2D eigenvalue weighted by molar-refractivity contribution is 1.10. The quantitative estimate of drug-likeness (QED) is 0.414. The van der Waals surface area contributed by atoms with Crippen molar-refractivity contribution in [3.63, 3.8) is 0 Å². The molecule has 5 aromatic rings. The predicted molar refractivity (Wildman–Crippen MR) is 109 cm³/mol. The molecule has 0 aliphatic heterocycles. The molecule has 0 bridgehead atoms. The fraction of sp³-hybridized carbons (Fsp3) is 0. The Hall–Kier alpha value is -3.04. The number of hydrogen-bond donors (Lipinski definition) is 1. The van der Waals surface area contributed by atoms with Gasteiger partial charge in [-0.05, 0) is 36.4 Å². The molecular formula is C22H16N2S. The molecule has 0 aliphatic rings. The van der Waals surface area contributed by atoms with Gasteiger partial charge < -0.3 is 5.73 Å². The molecule has 0 saturated carbocycles. The highest BCUT2D eigenvalue weighted by Crippen LogP contribution is 2.37. The minimum absolute atomic E-state index is 0.748. The van der Waals surface area contributed by atoms with Crippen LogP contribution in [0.25, 0.3) is 37.1 Å². The number of rotatable bonds is 2. The molecule has 2 heterocycles. The maximum Gasteiger partial charge on any atom is 0.108 e. The maximum atomic E-state index is 6.25. The molecule has 5 rings (SSSR count). The average molecular weight is 340 g/mol. The largest absolute Gasteiger partial charge is 0.385 e. The van der Waals surface area contributed by atoms with Crippen LogP contribution < -0.4 is 5.73 Å². The summed E-state index contributed by atoms with van der Waals surface area (Å²) in [6, 6.07) is 29.6. The van der Waals surface area contributed by atoms with Gasteiger partial charge in [0.05, 0.1) is 5.69 Å². The SMILES string of the molecule is Nc1ccc(-c2ccc3c(c2)sc2ccccc23)n1-c1ccccc1. The molecule has 0 unspecified atom stereocenters. The molecule has 0 radical (unpaired) electrons. The molecule has 0 amide bonds. The molecule has 120 valence electrons. The molecule has 2 aromatic heterocycles. The minimum Gasteiger partial charge on any atom is -0.385 e. The number of nitrogens with two attached hydrogens (primary N) is 1. The number of aromatic nitrogens is 1. The van der Waals surface area contributed by atoms with E-state index in [-0.39, 0.29) is 0 Å². The average Bonchev–Trinajstić information content (AvgIpc) is 3.22. The third-order valence-corrected chi connectivity index (χ3v) is 5.73. The summed E-state index contributed by atoms with van der Waals surface area (Å²) in [5.74, 6) is 0.748. The first-order valence-electron chi connectivity index (χ1n) is 8.25. The molecule has 25 heavy (non-hydrogen) atoms. The van der Waals surface area contributed by atoms with Crippen molar-refractivity contribution < 1.29 is 0 Å². The van der Waals surface area contributed by atoms with Crippen LogP contribution in [0.5, 0.6) is 0 Å². The fourth-order valence-corrected chi connectivity index (χ4v) is 4.57. The molecule has 3 aromatic carbocycles. The number of benzene rings is 3. The number of fused-ring (bicyclic) bond motifs is 3. The zero-order valence-corrected chi connectivity index (χ0v) is 14.3. The Bertz CT molecular complexity index is 1200. The first-order valence-corrected chi connectivity index (χ1v) is 9.07. The van der Waals surface area contributed by atoms with Gasteiger partial charge in [0.15, 0.2) is 0 Å². The van der Waals surface area contributed by atoms with Gasteiger partial charge in [-0.15, -0.1) is 11.3 Å². The van der Waals surface area contributed by atoms with E-state index in [4.69, 9.17) is 5.73 Å². The van der Waals surface area contributed by atoms with Crippen LogP contribution in [0, 0.1) is 0 Å². The number of thiophene rings is 1. The monoisotopic (exact) mass is 340 g/mol. The lowest BCUT2D eigenvalue weighted by Gasteiger charge is -2.11. The van der Waals surface area contributed by atoms with Crippen molar-refractivity contribution >= 4 is 37.3 Å². The first kappa shape index (κ1) is 14.3. The van der Waals surface area contributed by atoms with E-state index in [1.165, 1.54) is 25.7 Å². The lowest BCUT2D eigenvalue weighted by Crippen LogP contribution is -2.01. The van der Waals surface area contributed by atoms with Gasteiger partial charge in [0.1, 0.15) is 5.82 Å². The van der Waals surface area contributed by atoms with Gasteiger partial charge in [-0.2, -0.15) is 0 Å². The van der Waals surface area contributed by atoms with Crippen molar-refractivity contribution in [2.75, 3.05) is 5.73 Å². The zero-order valence-electron chi connectivity index (χ0n) is 13.5. The van der Waals surface area contributed by atoms with Gasteiger partial charge in [0.25, 0.3) is 0 Å². The van der Waals surface area contributed by atoms with E-state index in [1.54, 1.807) is 0 Å². The Morgan fingerprint density at radius 3 is 2.32 bits per heavy atom. The highest BCUT2D eigenvalue weighted by atomic mass is 32.1. The van der Waals surface area contributed by atoms with Crippen LogP contribution in [0.1, 0.15) is 0 Å². The summed E-state index contributed by atoms with van der Waals surface area (Å²) in [7, 11) is 0. The fourth-order valence-electron chi connectivity index (χ4n) is 3.43. The van der Waals surface area contributed by atoms with E-state index in [0.717, 1.165) is 17.2 Å². The van der Waals surface area contributed by atoms with Crippen molar-refractivity contribution in [1.29, 1.82) is 0 Å². The molecule has 0 spiro atoms. The summed E-state index contributed by atoms with van der Waals surface area (Å²) in [6.45, 7) is 0. The Kier molecular flexibility index (Phi) is 3.15. The van der Waals surface area contributed by atoms with Crippen molar-refractivity contribution in [3.05, 3.63) is 84.9 Å². The van der Waals surface area contributed by atoms with E-state index >= 15 is 0 Å². The molecule has 0 atom stereocenters. The van der Waals surface area contributed by atoms with Crippen molar-refractivity contribution in [2.24, 2.45) is 0 Å². The van der Waals surface area contributed by atoms with Gasteiger partial charge in [0.2, 0.25) is 0 Å².